The summed E-state index contributed by atoms with van der Waals surface area (Å²) in [5.74, 6) is 0.376. The maximum absolute atomic E-state index is 12.3. The van der Waals surface area contributed by atoms with Crippen molar-refractivity contribution in [3.05, 3.63) is 83.1 Å². The van der Waals surface area contributed by atoms with Crippen molar-refractivity contribution in [1.82, 2.24) is 14.5 Å². The first-order valence-corrected chi connectivity index (χ1v) is 16.0. The van der Waals surface area contributed by atoms with Gasteiger partial charge in [0.2, 0.25) is 0 Å². The maximum Gasteiger partial charge on any atom is 0.307 e. The third-order valence-electron chi connectivity index (χ3n) is 8.86. The summed E-state index contributed by atoms with van der Waals surface area (Å²) in [5, 5.41) is 11.0. The second-order valence-electron chi connectivity index (χ2n) is 11.6. The number of rotatable bonds is 8. The Labute approximate surface area is 249 Å². The lowest BCUT2D eigenvalue weighted by Gasteiger charge is -2.29. The van der Waals surface area contributed by atoms with Crippen LogP contribution >= 0.6 is 11.3 Å². The highest BCUT2D eigenvalue weighted by Crippen LogP contribution is 2.39. The van der Waals surface area contributed by atoms with Gasteiger partial charge in [0.1, 0.15) is 23.2 Å². The van der Waals surface area contributed by atoms with Crippen LogP contribution < -0.4 is 9.64 Å². The van der Waals surface area contributed by atoms with E-state index in [2.05, 4.69) is 45.9 Å². The molecule has 42 heavy (non-hydrogen) atoms. The van der Waals surface area contributed by atoms with Gasteiger partial charge in [-0.25, -0.2) is 9.97 Å². The number of aromatic nitrogens is 3. The fourth-order valence-corrected chi connectivity index (χ4v) is 7.56. The standard InChI is InChI=1S/C34H36N4O3S/c39-34(40)27-9-3-2-8-26(27)33-36-29-20-25(41-22-32-35-28-10-4-5-11-31(28)42-32)16-17-30(29)38(33)21-23-12-14-24(15-13-23)37-18-6-1-7-19-37/h4-5,10-17,20,26-27H,1-3,6-9,18-19,21-22H2,(H,39,40)/t26-,27+/m0/s1. The number of nitrogens with zero attached hydrogens (tertiary/aromatic N) is 4. The number of benzene rings is 3. The lowest BCUT2D eigenvalue weighted by atomic mass is 9.78. The second kappa shape index (κ2) is 11.8. The number of thiazole rings is 1. The van der Waals surface area contributed by atoms with Gasteiger partial charge in [-0.2, -0.15) is 0 Å². The number of anilines is 1. The van der Waals surface area contributed by atoms with Crippen molar-refractivity contribution in [3.63, 3.8) is 0 Å². The number of hydrogen-bond acceptors (Lipinski definition) is 6. The summed E-state index contributed by atoms with van der Waals surface area (Å²) in [7, 11) is 0. The quantitative estimate of drug-likeness (QED) is 0.203. The Bertz CT molecular complexity index is 1670. The molecule has 1 aliphatic heterocycles. The van der Waals surface area contributed by atoms with Gasteiger partial charge in [-0.05, 0) is 74.1 Å². The third kappa shape index (κ3) is 5.48. The first kappa shape index (κ1) is 27.0. The number of ether oxygens (including phenoxy) is 1. The van der Waals surface area contributed by atoms with Crippen LogP contribution in [0.15, 0.2) is 66.7 Å². The van der Waals surface area contributed by atoms with Crippen LogP contribution in [0.2, 0.25) is 0 Å². The van der Waals surface area contributed by atoms with Crippen LogP contribution in [-0.2, 0) is 17.9 Å². The van der Waals surface area contributed by atoms with E-state index in [4.69, 9.17) is 14.7 Å². The molecule has 8 heteroatoms. The number of piperidine rings is 1. The van der Waals surface area contributed by atoms with E-state index in [0.29, 0.717) is 19.6 Å². The predicted molar refractivity (Wildman–Crippen MR) is 168 cm³/mol. The summed E-state index contributed by atoms with van der Waals surface area (Å²) < 4.78 is 9.57. The van der Waals surface area contributed by atoms with E-state index in [1.807, 2.05) is 30.3 Å². The van der Waals surface area contributed by atoms with Gasteiger partial charge in [-0.15, -0.1) is 11.3 Å². The summed E-state index contributed by atoms with van der Waals surface area (Å²) in [6, 6.07) is 23.1. The largest absolute Gasteiger partial charge is 0.486 e. The Morgan fingerprint density at radius 2 is 1.71 bits per heavy atom. The Morgan fingerprint density at radius 3 is 2.52 bits per heavy atom. The summed E-state index contributed by atoms with van der Waals surface area (Å²) in [6.45, 7) is 3.29. The average Bonchev–Trinajstić information content (AvgIpc) is 3.61. The molecule has 2 aliphatic rings. The zero-order chi connectivity index (χ0) is 28.5. The Morgan fingerprint density at radius 1 is 0.905 bits per heavy atom. The number of carbonyl (C=O) groups is 1. The average molecular weight is 581 g/mol. The maximum atomic E-state index is 12.3. The van der Waals surface area contributed by atoms with Gasteiger partial charge in [0, 0.05) is 37.3 Å². The van der Waals surface area contributed by atoms with Crippen molar-refractivity contribution in [2.75, 3.05) is 18.0 Å². The van der Waals surface area contributed by atoms with Gasteiger partial charge in [0.05, 0.1) is 27.2 Å². The molecule has 1 saturated heterocycles. The van der Waals surface area contributed by atoms with E-state index >= 15 is 0 Å². The van der Waals surface area contributed by atoms with Crippen molar-refractivity contribution in [2.24, 2.45) is 5.92 Å². The highest BCUT2D eigenvalue weighted by atomic mass is 32.1. The van der Waals surface area contributed by atoms with Gasteiger partial charge in [-0.3, -0.25) is 4.79 Å². The van der Waals surface area contributed by atoms with Gasteiger partial charge in [0.15, 0.2) is 0 Å². The monoisotopic (exact) mass is 580 g/mol. The number of fused-ring (bicyclic) bond motifs is 2. The Hall–Kier alpha value is -3.91. The minimum atomic E-state index is -0.718. The zero-order valence-electron chi connectivity index (χ0n) is 23.7. The first-order chi connectivity index (χ1) is 20.6. The number of hydrogen-bond donors (Lipinski definition) is 1. The summed E-state index contributed by atoms with van der Waals surface area (Å²) in [4.78, 5) is 24.6. The van der Waals surface area contributed by atoms with Crippen LogP contribution in [0.1, 0.15) is 67.3 Å². The molecule has 2 aromatic heterocycles. The van der Waals surface area contributed by atoms with Gasteiger partial charge in [-0.1, -0.05) is 37.1 Å². The molecule has 3 heterocycles. The molecular formula is C34H36N4O3S. The molecule has 2 fully saturated rings. The van der Waals surface area contributed by atoms with E-state index in [0.717, 1.165) is 70.2 Å². The molecule has 7 rings (SSSR count). The lowest BCUT2D eigenvalue weighted by molar-refractivity contribution is -0.143. The second-order valence-corrected chi connectivity index (χ2v) is 12.7. The Kier molecular flexibility index (Phi) is 7.55. The molecule has 0 spiro atoms. The SMILES string of the molecule is O=C(O)[C@@H]1CCCC[C@@H]1c1nc2cc(OCc3nc4ccccc4s3)ccc2n1Cc1ccc(N2CCCCC2)cc1. The zero-order valence-corrected chi connectivity index (χ0v) is 24.6. The van der Waals surface area contributed by atoms with Crippen molar-refractivity contribution < 1.29 is 14.6 Å². The highest BCUT2D eigenvalue weighted by molar-refractivity contribution is 7.18. The fraction of sp³-hybridized carbons (Fsp3) is 0.382. The molecule has 0 unspecified atom stereocenters. The smallest absolute Gasteiger partial charge is 0.307 e. The van der Waals surface area contributed by atoms with Crippen LogP contribution in [-0.4, -0.2) is 38.7 Å². The minimum absolute atomic E-state index is 0.108. The van der Waals surface area contributed by atoms with Crippen molar-refractivity contribution in [3.8, 4) is 5.75 Å². The molecule has 3 aromatic carbocycles. The van der Waals surface area contributed by atoms with Crippen LogP contribution in [0.4, 0.5) is 5.69 Å². The number of imidazole rings is 1. The minimum Gasteiger partial charge on any atom is -0.486 e. The topological polar surface area (TPSA) is 80.5 Å². The highest BCUT2D eigenvalue weighted by Gasteiger charge is 2.35. The van der Waals surface area contributed by atoms with Crippen LogP contribution in [0.25, 0.3) is 21.3 Å². The van der Waals surface area contributed by atoms with Crippen molar-refractivity contribution in [1.29, 1.82) is 0 Å². The van der Waals surface area contributed by atoms with E-state index < -0.39 is 11.9 Å². The summed E-state index contributed by atoms with van der Waals surface area (Å²) in [5.41, 5.74) is 5.31. The molecule has 1 saturated carbocycles. The molecule has 2 atom stereocenters. The predicted octanol–water partition coefficient (Wildman–Crippen LogP) is 7.62. The van der Waals surface area contributed by atoms with Crippen molar-refractivity contribution >= 4 is 44.2 Å². The fourth-order valence-electron chi connectivity index (χ4n) is 6.68. The molecule has 216 valence electrons. The number of para-hydroxylation sites is 1. The summed E-state index contributed by atoms with van der Waals surface area (Å²) >= 11 is 1.65. The van der Waals surface area contributed by atoms with Crippen molar-refractivity contribution in [2.45, 2.75) is 64.0 Å². The molecule has 7 nitrogen and oxygen atoms in total. The van der Waals surface area contributed by atoms with Gasteiger partial charge in [0.25, 0.3) is 0 Å². The normalized spacial score (nSPS) is 19.4. The third-order valence-corrected chi connectivity index (χ3v) is 9.87. The molecule has 1 aliphatic carbocycles. The number of carboxylic acids is 1. The molecule has 0 amide bonds. The van der Waals surface area contributed by atoms with E-state index in [1.165, 1.54) is 30.5 Å². The van der Waals surface area contributed by atoms with Crippen LogP contribution in [0.5, 0.6) is 5.75 Å². The summed E-state index contributed by atoms with van der Waals surface area (Å²) in [6.07, 6.45) is 7.35. The Balaban J connectivity index is 1.19. The van der Waals surface area contributed by atoms with Crippen LogP contribution in [0.3, 0.4) is 0 Å². The molecule has 0 bridgehead atoms. The lowest BCUT2D eigenvalue weighted by Crippen LogP contribution is -2.29. The first-order valence-electron chi connectivity index (χ1n) is 15.2. The van der Waals surface area contributed by atoms with Gasteiger partial charge < -0.3 is 19.3 Å². The molecule has 0 radical (unpaired) electrons. The van der Waals surface area contributed by atoms with E-state index in [9.17, 15) is 9.90 Å². The number of aliphatic carboxylic acids is 1. The van der Waals surface area contributed by atoms with Gasteiger partial charge >= 0.3 is 5.97 Å². The van der Waals surface area contributed by atoms with E-state index in [-0.39, 0.29) is 5.92 Å². The molecular weight excluding hydrogens is 544 g/mol. The van der Waals surface area contributed by atoms with E-state index in [1.54, 1.807) is 11.3 Å². The molecule has 5 aromatic rings. The molecule has 1 N–H and O–H groups in total. The number of carboxylic acid groups (broad SMARTS) is 1. The van der Waals surface area contributed by atoms with Crippen LogP contribution in [0, 0.1) is 5.92 Å².